The Bertz CT molecular complexity index is 411. The molecule has 92 valence electrons. The van der Waals surface area contributed by atoms with Gasteiger partial charge < -0.3 is 15.2 Å². The van der Waals surface area contributed by atoms with Gasteiger partial charge in [-0.05, 0) is 25.5 Å². The van der Waals surface area contributed by atoms with E-state index in [0.29, 0.717) is 23.6 Å². The van der Waals surface area contributed by atoms with E-state index >= 15 is 0 Å². The number of rotatable bonds is 3. The van der Waals surface area contributed by atoms with E-state index in [-0.39, 0.29) is 11.7 Å². The molecule has 1 heterocycles. The third-order valence-electron chi connectivity index (χ3n) is 3.13. The van der Waals surface area contributed by atoms with Crippen LogP contribution in [0.2, 0.25) is 0 Å². The Kier molecular flexibility index (Phi) is 3.64. The molecule has 1 aliphatic rings. The number of hydrogen-bond acceptors (Lipinski definition) is 3. The molecule has 0 aromatic heterocycles. The van der Waals surface area contributed by atoms with Crippen LogP contribution in [-0.4, -0.2) is 30.8 Å². The maximum atomic E-state index is 11.9. The predicted octanol–water partition coefficient (Wildman–Crippen LogP) is 1.47. The molecule has 2 N–H and O–H groups in total. The molecule has 1 amide bonds. The first kappa shape index (κ1) is 11.9. The van der Waals surface area contributed by atoms with Crippen LogP contribution in [0.5, 0.6) is 5.75 Å². The van der Waals surface area contributed by atoms with Gasteiger partial charge in [0.2, 0.25) is 0 Å². The highest BCUT2D eigenvalue weighted by Gasteiger charge is 2.17. The standard InChI is InChI=1S/C13H17NO3/c1-9-11(3-2-4-12(9)15)13(16)14-7-10-5-6-17-8-10/h2-4,10,15H,5-8H2,1H3,(H,14,16). The second kappa shape index (κ2) is 5.19. The van der Waals surface area contributed by atoms with Gasteiger partial charge in [0.1, 0.15) is 5.75 Å². The molecule has 0 aliphatic carbocycles. The molecule has 1 unspecified atom stereocenters. The summed E-state index contributed by atoms with van der Waals surface area (Å²) in [7, 11) is 0. The van der Waals surface area contributed by atoms with Crippen LogP contribution >= 0.6 is 0 Å². The topological polar surface area (TPSA) is 58.6 Å². The van der Waals surface area contributed by atoms with Crippen LogP contribution in [0, 0.1) is 12.8 Å². The number of nitrogens with one attached hydrogen (secondary N) is 1. The summed E-state index contributed by atoms with van der Waals surface area (Å²) < 4.78 is 5.25. The lowest BCUT2D eigenvalue weighted by atomic mass is 10.1. The second-order valence-corrected chi connectivity index (χ2v) is 4.39. The monoisotopic (exact) mass is 235 g/mol. The molecular weight excluding hydrogens is 218 g/mol. The normalized spacial score (nSPS) is 19.2. The Morgan fingerprint density at radius 1 is 1.59 bits per heavy atom. The van der Waals surface area contributed by atoms with Gasteiger partial charge in [-0.1, -0.05) is 6.07 Å². The summed E-state index contributed by atoms with van der Waals surface area (Å²) in [5.74, 6) is 0.434. The smallest absolute Gasteiger partial charge is 0.251 e. The third kappa shape index (κ3) is 2.77. The fourth-order valence-electron chi connectivity index (χ4n) is 1.95. The maximum absolute atomic E-state index is 11.9. The first-order valence-electron chi connectivity index (χ1n) is 5.83. The van der Waals surface area contributed by atoms with Crippen LogP contribution in [-0.2, 0) is 4.74 Å². The van der Waals surface area contributed by atoms with Crippen LogP contribution in [0.4, 0.5) is 0 Å². The summed E-state index contributed by atoms with van der Waals surface area (Å²) in [6, 6.07) is 4.97. The summed E-state index contributed by atoms with van der Waals surface area (Å²) in [6.07, 6.45) is 0.999. The fourth-order valence-corrected chi connectivity index (χ4v) is 1.95. The molecule has 1 aromatic carbocycles. The predicted molar refractivity (Wildman–Crippen MR) is 64.1 cm³/mol. The van der Waals surface area contributed by atoms with E-state index < -0.39 is 0 Å². The molecule has 0 saturated carbocycles. The molecule has 17 heavy (non-hydrogen) atoms. The lowest BCUT2D eigenvalue weighted by Gasteiger charge is -2.11. The lowest BCUT2D eigenvalue weighted by molar-refractivity contribution is 0.0944. The van der Waals surface area contributed by atoms with Gasteiger partial charge in [-0.15, -0.1) is 0 Å². The minimum absolute atomic E-state index is 0.134. The first-order chi connectivity index (χ1) is 8.18. The zero-order valence-corrected chi connectivity index (χ0v) is 9.90. The molecule has 4 nitrogen and oxygen atoms in total. The molecule has 1 atom stereocenters. The number of benzene rings is 1. The van der Waals surface area contributed by atoms with Crippen LogP contribution in [0.1, 0.15) is 22.3 Å². The number of amides is 1. The molecule has 1 fully saturated rings. The second-order valence-electron chi connectivity index (χ2n) is 4.39. The highest BCUT2D eigenvalue weighted by atomic mass is 16.5. The Morgan fingerprint density at radius 2 is 2.41 bits per heavy atom. The van der Waals surface area contributed by atoms with Crippen LogP contribution < -0.4 is 5.32 Å². The van der Waals surface area contributed by atoms with E-state index in [9.17, 15) is 9.90 Å². The Labute approximate surface area is 101 Å². The summed E-state index contributed by atoms with van der Waals surface area (Å²) in [5, 5.41) is 12.4. The summed E-state index contributed by atoms with van der Waals surface area (Å²) in [4.78, 5) is 11.9. The van der Waals surface area contributed by atoms with Gasteiger partial charge in [-0.25, -0.2) is 0 Å². The summed E-state index contributed by atoms with van der Waals surface area (Å²) >= 11 is 0. The SMILES string of the molecule is Cc1c(O)cccc1C(=O)NCC1CCOC1. The number of phenols is 1. The minimum atomic E-state index is -0.134. The Morgan fingerprint density at radius 3 is 3.12 bits per heavy atom. The van der Waals surface area contributed by atoms with Crippen molar-refractivity contribution < 1.29 is 14.6 Å². The highest BCUT2D eigenvalue weighted by Crippen LogP contribution is 2.19. The van der Waals surface area contributed by atoms with Gasteiger partial charge in [0.25, 0.3) is 5.91 Å². The van der Waals surface area contributed by atoms with Gasteiger partial charge in [-0.3, -0.25) is 4.79 Å². The minimum Gasteiger partial charge on any atom is -0.508 e. The number of carbonyl (C=O) groups excluding carboxylic acids is 1. The van der Waals surface area contributed by atoms with E-state index in [0.717, 1.165) is 19.6 Å². The third-order valence-corrected chi connectivity index (χ3v) is 3.13. The van der Waals surface area contributed by atoms with Crippen molar-refractivity contribution in [3.63, 3.8) is 0 Å². The van der Waals surface area contributed by atoms with E-state index in [1.54, 1.807) is 25.1 Å². The van der Waals surface area contributed by atoms with Crippen molar-refractivity contribution in [3.8, 4) is 5.75 Å². The fraction of sp³-hybridized carbons (Fsp3) is 0.462. The number of carbonyl (C=O) groups is 1. The number of hydrogen-bond donors (Lipinski definition) is 2. The van der Waals surface area contributed by atoms with Crippen molar-refractivity contribution in [2.24, 2.45) is 5.92 Å². The van der Waals surface area contributed by atoms with E-state index in [1.807, 2.05) is 0 Å². The van der Waals surface area contributed by atoms with E-state index in [2.05, 4.69) is 5.32 Å². The van der Waals surface area contributed by atoms with Gasteiger partial charge >= 0.3 is 0 Å². The van der Waals surface area contributed by atoms with Crippen molar-refractivity contribution >= 4 is 5.91 Å². The molecule has 2 rings (SSSR count). The van der Waals surface area contributed by atoms with Crippen molar-refractivity contribution in [1.29, 1.82) is 0 Å². The van der Waals surface area contributed by atoms with Gasteiger partial charge in [-0.2, -0.15) is 0 Å². The Hall–Kier alpha value is -1.55. The quantitative estimate of drug-likeness (QED) is 0.834. The summed E-state index contributed by atoms with van der Waals surface area (Å²) in [5.41, 5.74) is 1.15. The number of phenolic OH excluding ortho intramolecular Hbond substituents is 1. The zero-order chi connectivity index (χ0) is 12.3. The van der Waals surface area contributed by atoms with Gasteiger partial charge in [0.05, 0.1) is 6.61 Å². The molecule has 0 radical (unpaired) electrons. The molecule has 4 heteroatoms. The maximum Gasteiger partial charge on any atom is 0.251 e. The lowest BCUT2D eigenvalue weighted by Crippen LogP contribution is -2.29. The van der Waals surface area contributed by atoms with Crippen molar-refractivity contribution in [1.82, 2.24) is 5.32 Å². The molecule has 1 aliphatic heterocycles. The average molecular weight is 235 g/mol. The van der Waals surface area contributed by atoms with Crippen molar-refractivity contribution in [2.75, 3.05) is 19.8 Å². The molecule has 0 bridgehead atoms. The van der Waals surface area contributed by atoms with Crippen molar-refractivity contribution in [3.05, 3.63) is 29.3 Å². The molecular formula is C13H17NO3. The summed E-state index contributed by atoms with van der Waals surface area (Å²) in [6.45, 7) is 3.88. The van der Waals surface area contributed by atoms with Crippen LogP contribution in [0.3, 0.4) is 0 Å². The first-order valence-corrected chi connectivity index (χ1v) is 5.83. The zero-order valence-electron chi connectivity index (χ0n) is 9.90. The average Bonchev–Trinajstić information content (AvgIpc) is 2.82. The highest BCUT2D eigenvalue weighted by molar-refractivity contribution is 5.96. The number of aromatic hydroxyl groups is 1. The largest absolute Gasteiger partial charge is 0.508 e. The molecule has 1 saturated heterocycles. The van der Waals surface area contributed by atoms with Gasteiger partial charge in [0.15, 0.2) is 0 Å². The van der Waals surface area contributed by atoms with Crippen molar-refractivity contribution in [2.45, 2.75) is 13.3 Å². The van der Waals surface area contributed by atoms with E-state index in [4.69, 9.17) is 4.74 Å². The van der Waals surface area contributed by atoms with Crippen LogP contribution in [0.15, 0.2) is 18.2 Å². The van der Waals surface area contributed by atoms with E-state index in [1.165, 1.54) is 0 Å². The van der Waals surface area contributed by atoms with Gasteiger partial charge in [0, 0.05) is 30.2 Å². The number of ether oxygens (including phenoxy) is 1. The molecule has 0 spiro atoms. The Balaban J connectivity index is 1.97. The molecule has 1 aromatic rings. The van der Waals surface area contributed by atoms with Crippen LogP contribution in [0.25, 0.3) is 0 Å².